The Morgan fingerprint density at radius 3 is 2.16 bits per heavy atom. The van der Waals surface area contributed by atoms with Crippen molar-refractivity contribution < 1.29 is 19.1 Å². The number of hydrogen-bond donors (Lipinski definition) is 0. The molecule has 25 heavy (non-hydrogen) atoms. The van der Waals surface area contributed by atoms with Crippen LogP contribution in [0.15, 0.2) is 34.9 Å². The van der Waals surface area contributed by atoms with Crippen molar-refractivity contribution in [2.45, 2.75) is 47.5 Å². The van der Waals surface area contributed by atoms with Gasteiger partial charge >= 0.3 is 11.9 Å². The van der Waals surface area contributed by atoms with Gasteiger partial charge in [-0.1, -0.05) is 41.9 Å². The standard InChI is InChI=1S/C21H32O4/c1-13(2)9-8-10-14(3)11-17-12-15(4)16(5)18(20(22)24-6)19(17)21(23)25-7/h9,11-12,16-19H,8,10H2,1-7H3/b14-11+. The summed E-state index contributed by atoms with van der Waals surface area (Å²) in [5.74, 6) is -1.98. The minimum atomic E-state index is -0.547. The largest absolute Gasteiger partial charge is 0.469 e. The molecule has 4 nitrogen and oxygen atoms in total. The van der Waals surface area contributed by atoms with Gasteiger partial charge in [0.15, 0.2) is 0 Å². The van der Waals surface area contributed by atoms with Crippen LogP contribution in [0.1, 0.15) is 47.5 Å². The first kappa shape index (κ1) is 21.2. The molecule has 0 aromatic carbocycles. The van der Waals surface area contributed by atoms with E-state index in [0.29, 0.717) is 0 Å². The molecule has 4 heteroatoms. The number of carbonyl (C=O) groups excluding carboxylic acids is 2. The van der Waals surface area contributed by atoms with Gasteiger partial charge in [-0.2, -0.15) is 0 Å². The molecule has 0 aromatic heterocycles. The molecular formula is C21H32O4. The van der Waals surface area contributed by atoms with Crippen molar-refractivity contribution in [2.24, 2.45) is 23.7 Å². The summed E-state index contributed by atoms with van der Waals surface area (Å²) in [5, 5.41) is 0. The molecule has 0 spiro atoms. The summed E-state index contributed by atoms with van der Waals surface area (Å²) in [7, 11) is 2.74. The lowest BCUT2D eigenvalue weighted by Gasteiger charge is -2.36. The van der Waals surface area contributed by atoms with Crippen LogP contribution in [0.3, 0.4) is 0 Å². The fraction of sp³-hybridized carbons (Fsp3) is 0.619. The van der Waals surface area contributed by atoms with E-state index in [9.17, 15) is 9.59 Å². The smallest absolute Gasteiger partial charge is 0.310 e. The molecule has 4 unspecified atom stereocenters. The minimum absolute atomic E-state index is 0.0489. The molecule has 0 heterocycles. The molecule has 0 fully saturated rings. The van der Waals surface area contributed by atoms with Gasteiger partial charge in [0, 0.05) is 5.92 Å². The minimum Gasteiger partial charge on any atom is -0.469 e. The summed E-state index contributed by atoms with van der Waals surface area (Å²) in [6, 6.07) is 0. The molecule has 0 bridgehead atoms. The second-order valence-electron chi connectivity index (χ2n) is 7.21. The van der Waals surface area contributed by atoms with Gasteiger partial charge in [-0.25, -0.2) is 0 Å². The first-order chi connectivity index (χ1) is 11.7. The van der Waals surface area contributed by atoms with Gasteiger partial charge in [0.2, 0.25) is 0 Å². The first-order valence-electron chi connectivity index (χ1n) is 8.87. The van der Waals surface area contributed by atoms with E-state index in [4.69, 9.17) is 9.47 Å². The van der Waals surface area contributed by atoms with Crippen molar-refractivity contribution >= 4 is 11.9 Å². The number of allylic oxidation sites excluding steroid dienone is 6. The Balaban J connectivity index is 3.17. The summed E-state index contributed by atoms with van der Waals surface area (Å²) in [4.78, 5) is 24.8. The third kappa shape index (κ3) is 5.58. The van der Waals surface area contributed by atoms with Crippen LogP contribution in [-0.2, 0) is 19.1 Å². The first-order valence-corrected chi connectivity index (χ1v) is 8.87. The van der Waals surface area contributed by atoms with E-state index in [0.717, 1.165) is 18.4 Å². The number of rotatable bonds is 6. The maximum Gasteiger partial charge on any atom is 0.310 e. The quantitative estimate of drug-likeness (QED) is 0.525. The van der Waals surface area contributed by atoms with Crippen molar-refractivity contribution in [3.05, 3.63) is 34.9 Å². The van der Waals surface area contributed by atoms with E-state index >= 15 is 0 Å². The van der Waals surface area contributed by atoms with E-state index in [1.54, 1.807) is 0 Å². The maximum atomic E-state index is 12.4. The molecule has 4 atom stereocenters. The zero-order valence-electron chi connectivity index (χ0n) is 16.6. The fourth-order valence-electron chi connectivity index (χ4n) is 3.47. The lowest BCUT2D eigenvalue weighted by molar-refractivity contribution is -0.161. The van der Waals surface area contributed by atoms with Gasteiger partial charge in [-0.3, -0.25) is 9.59 Å². The van der Waals surface area contributed by atoms with Crippen LogP contribution in [0.5, 0.6) is 0 Å². The van der Waals surface area contributed by atoms with E-state index in [1.165, 1.54) is 25.4 Å². The lowest BCUT2D eigenvalue weighted by atomic mass is 9.67. The second kappa shape index (κ2) is 9.59. The van der Waals surface area contributed by atoms with Crippen LogP contribution >= 0.6 is 0 Å². The number of ether oxygens (including phenoxy) is 2. The SMILES string of the molecule is COC(=O)C1C(/C=C(\C)CCC=C(C)C)C=C(C)C(C)C1C(=O)OC. The van der Waals surface area contributed by atoms with Crippen molar-refractivity contribution in [1.29, 1.82) is 0 Å². The predicted octanol–water partition coefficient (Wildman–Crippen LogP) is 4.47. The van der Waals surface area contributed by atoms with Gasteiger partial charge in [0.25, 0.3) is 0 Å². The van der Waals surface area contributed by atoms with Crippen LogP contribution in [-0.4, -0.2) is 26.2 Å². The molecule has 0 N–H and O–H groups in total. The van der Waals surface area contributed by atoms with E-state index < -0.39 is 11.8 Å². The highest BCUT2D eigenvalue weighted by molar-refractivity contribution is 5.83. The van der Waals surface area contributed by atoms with Gasteiger partial charge in [0.1, 0.15) is 0 Å². The Morgan fingerprint density at radius 1 is 1.08 bits per heavy atom. The number of methoxy groups -OCH3 is 2. The van der Waals surface area contributed by atoms with Crippen LogP contribution in [0.4, 0.5) is 0 Å². The van der Waals surface area contributed by atoms with Crippen molar-refractivity contribution in [2.75, 3.05) is 14.2 Å². The third-order valence-corrected chi connectivity index (χ3v) is 5.03. The number of esters is 2. The molecule has 0 aliphatic heterocycles. The maximum absolute atomic E-state index is 12.4. The summed E-state index contributed by atoms with van der Waals surface area (Å²) in [6.45, 7) is 10.2. The topological polar surface area (TPSA) is 52.6 Å². The Hall–Kier alpha value is -1.84. The lowest BCUT2D eigenvalue weighted by Crippen LogP contribution is -2.42. The Labute approximate surface area is 152 Å². The van der Waals surface area contributed by atoms with Gasteiger partial charge in [-0.15, -0.1) is 0 Å². The van der Waals surface area contributed by atoms with E-state index in [-0.39, 0.29) is 23.8 Å². The van der Waals surface area contributed by atoms with Gasteiger partial charge < -0.3 is 9.47 Å². The molecule has 0 saturated carbocycles. The van der Waals surface area contributed by atoms with Crippen molar-refractivity contribution in [3.8, 4) is 0 Å². The highest BCUT2D eigenvalue weighted by atomic mass is 16.5. The van der Waals surface area contributed by atoms with Crippen LogP contribution in [0.25, 0.3) is 0 Å². The van der Waals surface area contributed by atoms with Gasteiger partial charge in [-0.05, 0) is 46.5 Å². The average molecular weight is 348 g/mol. The predicted molar refractivity (Wildman–Crippen MR) is 99.8 cm³/mol. The highest BCUT2D eigenvalue weighted by Crippen LogP contribution is 2.40. The molecule has 1 rings (SSSR count). The van der Waals surface area contributed by atoms with Crippen molar-refractivity contribution in [1.82, 2.24) is 0 Å². The molecule has 0 radical (unpaired) electrons. The zero-order valence-corrected chi connectivity index (χ0v) is 16.6. The van der Waals surface area contributed by atoms with Crippen LogP contribution in [0.2, 0.25) is 0 Å². The number of hydrogen-bond acceptors (Lipinski definition) is 4. The van der Waals surface area contributed by atoms with Gasteiger partial charge in [0.05, 0.1) is 26.1 Å². The molecule has 1 aliphatic carbocycles. The Kier molecular flexibility index (Phi) is 8.14. The summed E-state index contributed by atoms with van der Waals surface area (Å²) >= 11 is 0. The zero-order chi connectivity index (χ0) is 19.1. The molecule has 0 amide bonds. The molecule has 0 aromatic rings. The number of carbonyl (C=O) groups is 2. The fourth-order valence-corrected chi connectivity index (χ4v) is 3.47. The average Bonchev–Trinajstić information content (AvgIpc) is 2.55. The third-order valence-electron chi connectivity index (χ3n) is 5.03. The van der Waals surface area contributed by atoms with E-state index in [2.05, 4.69) is 39.0 Å². The van der Waals surface area contributed by atoms with Crippen LogP contribution in [0, 0.1) is 23.7 Å². The molecular weight excluding hydrogens is 316 g/mol. The highest BCUT2D eigenvalue weighted by Gasteiger charge is 2.45. The van der Waals surface area contributed by atoms with Crippen molar-refractivity contribution in [3.63, 3.8) is 0 Å². The molecule has 140 valence electrons. The Bertz CT molecular complexity index is 579. The Morgan fingerprint density at radius 2 is 1.64 bits per heavy atom. The summed E-state index contributed by atoms with van der Waals surface area (Å²) < 4.78 is 9.98. The normalized spacial score (nSPS) is 26.5. The molecule has 1 aliphatic rings. The second-order valence-corrected chi connectivity index (χ2v) is 7.21. The summed E-state index contributed by atoms with van der Waals surface area (Å²) in [6.07, 6.45) is 8.30. The van der Waals surface area contributed by atoms with E-state index in [1.807, 2.05) is 13.8 Å². The summed E-state index contributed by atoms with van der Waals surface area (Å²) in [5.41, 5.74) is 3.61. The van der Waals surface area contributed by atoms with Crippen LogP contribution < -0.4 is 0 Å². The monoisotopic (exact) mass is 348 g/mol. The molecule has 0 saturated heterocycles.